The van der Waals surface area contributed by atoms with Crippen LogP contribution in [0.4, 0.5) is 5.69 Å². The van der Waals surface area contributed by atoms with Gasteiger partial charge in [0.25, 0.3) is 5.91 Å². The molecule has 0 saturated carbocycles. The molecular weight excluding hydrogens is 344 g/mol. The van der Waals surface area contributed by atoms with Gasteiger partial charge in [-0.3, -0.25) is 14.9 Å². The molecule has 1 amide bonds. The number of halogens is 1. The third kappa shape index (κ3) is 6.08. The molecule has 6 nitrogen and oxygen atoms in total. The van der Waals surface area contributed by atoms with E-state index in [9.17, 15) is 14.9 Å². The number of carbonyl (C=O) groups excluding carboxylic acids is 1. The van der Waals surface area contributed by atoms with Gasteiger partial charge in [-0.05, 0) is 37.5 Å². The van der Waals surface area contributed by atoms with E-state index in [1.165, 1.54) is 23.8 Å². The van der Waals surface area contributed by atoms with Crippen molar-refractivity contribution in [3.05, 3.63) is 69.2 Å². The Hall–Kier alpha value is -2.60. The summed E-state index contributed by atoms with van der Waals surface area (Å²) < 4.78 is 5.27. The number of aryl methyl sites for hydroxylation is 1. The molecule has 132 valence electrons. The standard InChI is InChI=1S/C18H19ClN2O4/c1-13(7-8-14-5-3-2-4-6-14)20-18(22)12-25-17-10-9-15(19)11-16(17)21(23)24/h2-6,9-11,13H,7-8,12H2,1H3,(H,20,22)/t13-/m0/s1. The third-order valence-corrected chi connectivity index (χ3v) is 3.83. The summed E-state index contributed by atoms with van der Waals surface area (Å²) in [5.41, 5.74) is 0.939. The maximum absolute atomic E-state index is 12.0. The van der Waals surface area contributed by atoms with Crippen LogP contribution in [-0.4, -0.2) is 23.5 Å². The molecule has 0 heterocycles. The smallest absolute Gasteiger partial charge is 0.312 e. The normalized spacial score (nSPS) is 11.6. The van der Waals surface area contributed by atoms with Crippen molar-refractivity contribution in [2.75, 3.05) is 6.61 Å². The minimum atomic E-state index is -0.596. The number of nitrogens with zero attached hydrogens (tertiary/aromatic N) is 1. The molecule has 0 bridgehead atoms. The van der Waals surface area contributed by atoms with E-state index in [1.807, 2.05) is 37.3 Å². The SMILES string of the molecule is C[C@@H](CCc1ccccc1)NC(=O)COc1ccc(Cl)cc1[N+](=O)[O-]. The second kappa shape index (κ2) is 9.03. The number of nitro benzene ring substituents is 1. The number of amides is 1. The average Bonchev–Trinajstić information content (AvgIpc) is 2.59. The van der Waals surface area contributed by atoms with Crippen molar-refractivity contribution in [3.63, 3.8) is 0 Å². The fourth-order valence-electron chi connectivity index (χ4n) is 2.32. The topological polar surface area (TPSA) is 81.5 Å². The van der Waals surface area contributed by atoms with Crippen molar-refractivity contribution in [3.8, 4) is 5.75 Å². The molecule has 0 spiro atoms. The van der Waals surface area contributed by atoms with Crippen LogP contribution in [-0.2, 0) is 11.2 Å². The molecular formula is C18H19ClN2O4. The molecule has 0 aromatic heterocycles. The van der Waals surface area contributed by atoms with Gasteiger partial charge in [-0.1, -0.05) is 41.9 Å². The second-order valence-corrected chi connectivity index (χ2v) is 6.09. The maximum atomic E-state index is 12.0. The van der Waals surface area contributed by atoms with Gasteiger partial charge in [-0.25, -0.2) is 0 Å². The zero-order valence-electron chi connectivity index (χ0n) is 13.8. The molecule has 0 saturated heterocycles. The summed E-state index contributed by atoms with van der Waals surface area (Å²) in [5.74, 6) is -0.314. The van der Waals surface area contributed by atoms with Crippen molar-refractivity contribution in [2.24, 2.45) is 0 Å². The molecule has 0 aliphatic heterocycles. The van der Waals surface area contributed by atoms with Crippen LogP contribution in [0.2, 0.25) is 5.02 Å². The first-order valence-electron chi connectivity index (χ1n) is 7.85. The number of rotatable bonds is 8. The fraction of sp³-hybridized carbons (Fsp3) is 0.278. The van der Waals surface area contributed by atoms with Crippen LogP contribution in [0.25, 0.3) is 0 Å². The molecule has 0 aliphatic carbocycles. The highest BCUT2D eigenvalue weighted by Crippen LogP contribution is 2.29. The van der Waals surface area contributed by atoms with Crippen LogP contribution in [0.15, 0.2) is 48.5 Å². The summed E-state index contributed by atoms with van der Waals surface area (Å²) in [7, 11) is 0. The highest BCUT2D eigenvalue weighted by Gasteiger charge is 2.17. The summed E-state index contributed by atoms with van der Waals surface area (Å²) in [6.07, 6.45) is 1.64. The van der Waals surface area contributed by atoms with E-state index in [0.717, 1.165) is 12.8 Å². The lowest BCUT2D eigenvalue weighted by atomic mass is 10.1. The van der Waals surface area contributed by atoms with Gasteiger partial charge in [0.15, 0.2) is 12.4 Å². The summed E-state index contributed by atoms with van der Waals surface area (Å²) >= 11 is 5.74. The molecule has 0 aliphatic rings. The first-order chi connectivity index (χ1) is 12.0. The Bertz CT molecular complexity index is 737. The van der Waals surface area contributed by atoms with E-state index < -0.39 is 4.92 Å². The maximum Gasteiger partial charge on any atom is 0.312 e. The van der Waals surface area contributed by atoms with Crippen LogP contribution in [0.1, 0.15) is 18.9 Å². The van der Waals surface area contributed by atoms with Crippen molar-refractivity contribution in [2.45, 2.75) is 25.8 Å². The van der Waals surface area contributed by atoms with E-state index in [-0.39, 0.29) is 35.0 Å². The van der Waals surface area contributed by atoms with Gasteiger partial charge in [0.2, 0.25) is 0 Å². The van der Waals surface area contributed by atoms with Gasteiger partial charge in [0.05, 0.1) is 4.92 Å². The predicted molar refractivity (Wildman–Crippen MR) is 96.0 cm³/mol. The summed E-state index contributed by atoms with van der Waals surface area (Å²) in [5, 5.41) is 14.0. The second-order valence-electron chi connectivity index (χ2n) is 5.65. The van der Waals surface area contributed by atoms with Gasteiger partial charge >= 0.3 is 5.69 Å². The van der Waals surface area contributed by atoms with E-state index in [2.05, 4.69) is 5.32 Å². The van der Waals surface area contributed by atoms with Crippen molar-refractivity contribution >= 4 is 23.2 Å². The lowest BCUT2D eigenvalue weighted by Crippen LogP contribution is -2.36. The third-order valence-electron chi connectivity index (χ3n) is 3.59. The zero-order chi connectivity index (χ0) is 18.2. The lowest BCUT2D eigenvalue weighted by Gasteiger charge is -2.14. The Kier molecular flexibility index (Phi) is 6.77. The van der Waals surface area contributed by atoms with Crippen LogP contribution in [0.5, 0.6) is 5.75 Å². The Morgan fingerprint density at radius 3 is 2.68 bits per heavy atom. The van der Waals surface area contributed by atoms with Crippen molar-refractivity contribution in [1.82, 2.24) is 5.32 Å². The molecule has 2 aromatic rings. The van der Waals surface area contributed by atoms with Crippen LogP contribution in [0, 0.1) is 10.1 Å². The number of nitrogens with one attached hydrogen (secondary N) is 1. The van der Waals surface area contributed by atoms with Crippen molar-refractivity contribution < 1.29 is 14.5 Å². The van der Waals surface area contributed by atoms with Gasteiger partial charge in [0.1, 0.15) is 0 Å². The molecule has 0 fully saturated rings. The van der Waals surface area contributed by atoms with E-state index in [0.29, 0.717) is 0 Å². The number of hydrogen-bond acceptors (Lipinski definition) is 4. The average molecular weight is 363 g/mol. The highest BCUT2D eigenvalue weighted by atomic mass is 35.5. The van der Waals surface area contributed by atoms with E-state index >= 15 is 0 Å². The molecule has 0 radical (unpaired) electrons. The van der Waals surface area contributed by atoms with Gasteiger partial charge in [-0.2, -0.15) is 0 Å². The summed E-state index contributed by atoms with van der Waals surface area (Å²) in [4.78, 5) is 22.3. The Morgan fingerprint density at radius 1 is 1.28 bits per heavy atom. The van der Waals surface area contributed by atoms with Crippen LogP contribution in [0.3, 0.4) is 0 Å². The molecule has 1 N–H and O–H groups in total. The van der Waals surface area contributed by atoms with Crippen LogP contribution >= 0.6 is 11.6 Å². The number of ether oxygens (including phenoxy) is 1. The number of hydrogen-bond donors (Lipinski definition) is 1. The Balaban J connectivity index is 1.81. The highest BCUT2D eigenvalue weighted by molar-refractivity contribution is 6.30. The van der Waals surface area contributed by atoms with Gasteiger partial charge < -0.3 is 10.1 Å². The Morgan fingerprint density at radius 2 is 2.00 bits per heavy atom. The molecule has 2 aromatic carbocycles. The minimum absolute atomic E-state index is 0.0153. The molecule has 1 atom stereocenters. The quantitative estimate of drug-likeness (QED) is 0.572. The van der Waals surface area contributed by atoms with E-state index in [4.69, 9.17) is 16.3 Å². The van der Waals surface area contributed by atoms with Crippen LogP contribution < -0.4 is 10.1 Å². The predicted octanol–water partition coefficient (Wildman–Crippen LogP) is 3.76. The zero-order valence-corrected chi connectivity index (χ0v) is 14.5. The summed E-state index contributed by atoms with van der Waals surface area (Å²) in [6.45, 7) is 1.61. The van der Waals surface area contributed by atoms with Crippen molar-refractivity contribution in [1.29, 1.82) is 0 Å². The summed E-state index contributed by atoms with van der Waals surface area (Å²) in [6, 6.07) is 14.0. The Labute approximate surface area is 150 Å². The van der Waals surface area contributed by atoms with Gasteiger partial charge in [-0.15, -0.1) is 0 Å². The van der Waals surface area contributed by atoms with Gasteiger partial charge in [0, 0.05) is 17.1 Å². The molecule has 25 heavy (non-hydrogen) atoms. The largest absolute Gasteiger partial charge is 0.477 e. The fourth-order valence-corrected chi connectivity index (χ4v) is 2.48. The molecule has 0 unspecified atom stereocenters. The monoisotopic (exact) mass is 362 g/mol. The first-order valence-corrected chi connectivity index (χ1v) is 8.23. The van der Waals surface area contributed by atoms with E-state index in [1.54, 1.807) is 0 Å². The number of carbonyl (C=O) groups is 1. The molecule has 7 heteroatoms. The lowest BCUT2D eigenvalue weighted by molar-refractivity contribution is -0.385. The first kappa shape index (κ1) is 18.7. The minimum Gasteiger partial charge on any atom is -0.477 e. The molecule has 2 rings (SSSR count). The number of nitro groups is 1. The number of benzene rings is 2.